The number of rotatable bonds is 9. The van der Waals surface area contributed by atoms with E-state index in [1.54, 1.807) is 19.1 Å². The van der Waals surface area contributed by atoms with E-state index in [0.717, 1.165) is 18.4 Å². The van der Waals surface area contributed by atoms with Gasteiger partial charge in [-0.05, 0) is 56.9 Å². The summed E-state index contributed by atoms with van der Waals surface area (Å²) in [7, 11) is -2.49. The molecule has 0 unspecified atom stereocenters. The zero-order chi connectivity index (χ0) is 20.7. The maximum Gasteiger partial charge on any atom is 0.244 e. The molecule has 2 rings (SSSR count). The number of nitrogens with one attached hydrogen (secondary N) is 2. The molecule has 2 aromatic carbocycles. The summed E-state index contributed by atoms with van der Waals surface area (Å²) in [4.78, 5) is 12.4. The topological polar surface area (TPSA) is 84.5 Å². The van der Waals surface area contributed by atoms with Crippen molar-refractivity contribution in [3.05, 3.63) is 59.7 Å². The van der Waals surface area contributed by atoms with E-state index in [1.807, 2.05) is 37.3 Å². The Hall–Kier alpha value is -2.38. The summed E-state index contributed by atoms with van der Waals surface area (Å²) in [6.45, 7) is 5.23. The van der Waals surface area contributed by atoms with E-state index in [1.165, 1.54) is 25.7 Å². The second-order valence-corrected chi connectivity index (χ2v) is 8.61. The number of carbonyl (C=O) groups is 1. The molecule has 2 N–H and O–H groups in total. The zero-order valence-corrected chi connectivity index (χ0v) is 17.5. The van der Waals surface area contributed by atoms with Gasteiger partial charge in [-0.3, -0.25) is 4.79 Å². The van der Waals surface area contributed by atoms with Crippen LogP contribution in [0.3, 0.4) is 0 Å². The Kier molecular flexibility index (Phi) is 7.60. The van der Waals surface area contributed by atoms with Crippen LogP contribution in [0.1, 0.15) is 31.4 Å². The van der Waals surface area contributed by atoms with E-state index in [0.29, 0.717) is 0 Å². The highest BCUT2D eigenvalue weighted by Crippen LogP contribution is 2.24. The molecule has 0 heterocycles. The number of methoxy groups -OCH3 is 1. The summed E-state index contributed by atoms with van der Waals surface area (Å²) in [5.74, 6) is -0.127. The molecule has 2 aromatic rings. The van der Waals surface area contributed by atoms with E-state index in [-0.39, 0.29) is 22.6 Å². The Labute approximate surface area is 167 Å². The van der Waals surface area contributed by atoms with Gasteiger partial charge in [-0.2, -0.15) is 4.72 Å². The van der Waals surface area contributed by atoms with Gasteiger partial charge in [0.25, 0.3) is 0 Å². The molecule has 7 heteroatoms. The number of hydrogen-bond acceptors (Lipinski definition) is 4. The van der Waals surface area contributed by atoms with Crippen molar-refractivity contribution in [1.82, 2.24) is 10.0 Å². The average Bonchev–Trinajstić information content (AvgIpc) is 2.66. The van der Waals surface area contributed by atoms with Crippen molar-refractivity contribution in [2.45, 2.75) is 50.6 Å². The minimum Gasteiger partial charge on any atom is -0.495 e. The summed E-state index contributed by atoms with van der Waals surface area (Å²) >= 11 is 0. The molecule has 0 bridgehead atoms. The van der Waals surface area contributed by atoms with E-state index >= 15 is 0 Å². The van der Waals surface area contributed by atoms with Crippen LogP contribution in [0.4, 0.5) is 0 Å². The Balaban J connectivity index is 1.96. The normalized spacial score (nSPS) is 13.6. The van der Waals surface area contributed by atoms with Crippen LogP contribution < -0.4 is 14.8 Å². The number of ether oxygens (including phenoxy) is 1. The third-order valence-corrected chi connectivity index (χ3v) is 5.99. The highest BCUT2D eigenvalue weighted by atomic mass is 32.2. The van der Waals surface area contributed by atoms with Crippen molar-refractivity contribution in [2.24, 2.45) is 0 Å². The van der Waals surface area contributed by atoms with Gasteiger partial charge >= 0.3 is 0 Å². The predicted molar refractivity (Wildman–Crippen MR) is 110 cm³/mol. The van der Waals surface area contributed by atoms with E-state index in [4.69, 9.17) is 4.74 Å². The minimum atomic E-state index is -3.90. The second kappa shape index (κ2) is 9.71. The fourth-order valence-electron chi connectivity index (χ4n) is 2.81. The highest BCUT2D eigenvalue weighted by Gasteiger charge is 2.25. The molecule has 6 nitrogen and oxygen atoms in total. The Morgan fingerprint density at radius 3 is 2.43 bits per heavy atom. The van der Waals surface area contributed by atoms with Crippen molar-refractivity contribution in [2.75, 3.05) is 7.11 Å². The lowest BCUT2D eigenvalue weighted by molar-refractivity contribution is -0.123. The molecule has 0 aliphatic heterocycles. The molecule has 0 fully saturated rings. The largest absolute Gasteiger partial charge is 0.495 e. The SMILES string of the molecule is COc1ccc(C)cc1S(=O)(=O)N[C@@H](C)C(=O)N[C@@H](C)CCc1ccccc1. The number of benzene rings is 2. The van der Waals surface area contributed by atoms with E-state index in [9.17, 15) is 13.2 Å². The maximum atomic E-state index is 12.7. The molecule has 0 aliphatic carbocycles. The Morgan fingerprint density at radius 1 is 1.11 bits per heavy atom. The Morgan fingerprint density at radius 2 is 1.79 bits per heavy atom. The van der Waals surface area contributed by atoms with Gasteiger partial charge in [-0.1, -0.05) is 36.4 Å². The zero-order valence-electron chi connectivity index (χ0n) is 16.7. The van der Waals surface area contributed by atoms with Gasteiger partial charge in [0, 0.05) is 6.04 Å². The number of carbonyl (C=O) groups excluding carboxylic acids is 1. The lowest BCUT2D eigenvalue weighted by Gasteiger charge is -2.19. The molecule has 0 saturated heterocycles. The summed E-state index contributed by atoms with van der Waals surface area (Å²) in [6.07, 6.45) is 1.60. The second-order valence-electron chi connectivity index (χ2n) is 6.93. The predicted octanol–water partition coefficient (Wildman–Crippen LogP) is 2.81. The summed E-state index contributed by atoms with van der Waals surface area (Å²) in [5, 5.41) is 2.87. The lowest BCUT2D eigenvalue weighted by atomic mass is 10.1. The van der Waals surface area contributed by atoms with Gasteiger partial charge < -0.3 is 10.1 Å². The van der Waals surface area contributed by atoms with Crippen molar-refractivity contribution >= 4 is 15.9 Å². The molecule has 2 atom stereocenters. The third-order valence-electron chi connectivity index (χ3n) is 4.43. The van der Waals surface area contributed by atoms with Gasteiger partial charge in [-0.25, -0.2) is 8.42 Å². The van der Waals surface area contributed by atoms with Crippen LogP contribution in [-0.4, -0.2) is 33.5 Å². The summed E-state index contributed by atoms with van der Waals surface area (Å²) < 4.78 is 33.0. The summed E-state index contributed by atoms with van der Waals surface area (Å²) in [5.41, 5.74) is 1.98. The molecular weight excluding hydrogens is 376 g/mol. The fourth-order valence-corrected chi connectivity index (χ4v) is 4.27. The quantitative estimate of drug-likeness (QED) is 0.673. The van der Waals surface area contributed by atoms with Crippen molar-refractivity contribution in [3.8, 4) is 5.75 Å². The van der Waals surface area contributed by atoms with Crippen LogP contribution >= 0.6 is 0 Å². The first-order chi connectivity index (χ1) is 13.2. The van der Waals surface area contributed by atoms with E-state index in [2.05, 4.69) is 10.0 Å². The van der Waals surface area contributed by atoms with Crippen LogP contribution in [0.15, 0.2) is 53.4 Å². The van der Waals surface area contributed by atoms with Gasteiger partial charge in [0.05, 0.1) is 13.2 Å². The molecule has 0 aromatic heterocycles. The first-order valence-corrected chi connectivity index (χ1v) is 10.7. The van der Waals surface area contributed by atoms with Gasteiger partial charge in [0.1, 0.15) is 10.6 Å². The third kappa shape index (κ3) is 6.07. The molecule has 152 valence electrons. The monoisotopic (exact) mass is 404 g/mol. The smallest absolute Gasteiger partial charge is 0.244 e. The van der Waals surface area contributed by atoms with Crippen LogP contribution in [0.2, 0.25) is 0 Å². The van der Waals surface area contributed by atoms with Crippen molar-refractivity contribution in [1.29, 1.82) is 0 Å². The highest BCUT2D eigenvalue weighted by molar-refractivity contribution is 7.89. The van der Waals surface area contributed by atoms with Crippen LogP contribution in [0.5, 0.6) is 5.75 Å². The van der Waals surface area contributed by atoms with Crippen molar-refractivity contribution in [3.63, 3.8) is 0 Å². The lowest BCUT2D eigenvalue weighted by Crippen LogP contribution is -2.47. The summed E-state index contributed by atoms with van der Waals surface area (Å²) in [6, 6.07) is 13.9. The van der Waals surface area contributed by atoms with Crippen LogP contribution in [-0.2, 0) is 21.2 Å². The van der Waals surface area contributed by atoms with Crippen LogP contribution in [0, 0.1) is 6.92 Å². The number of hydrogen-bond donors (Lipinski definition) is 2. The molecule has 0 saturated carbocycles. The van der Waals surface area contributed by atoms with Crippen molar-refractivity contribution < 1.29 is 17.9 Å². The molecule has 0 spiro atoms. The van der Waals surface area contributed by atoms with Gasteiger partial charge in [-0.15, -0.1) is 0 Å². The minimum absolute atomic E-state index is 0.0202. The average molecular weight is 405 g/mol. The maximum absolute atomic E-state index is 12.7. The first-order valence-electron chi connectivity index (χ1n) is 9.24. The Bertz CT molecular complexity index is 898. The molecular formula is C21H28N2O4S. The molecule has 0 aliphatic rings. The van der Waals surface area contributed by atoms with E-state index < -0.39 is 16.1 Å². The van der Waals surface area contributed by atoms with Crippen LogP contribution in [0.25, 0.3) is 0 Å². The fraction of sp³-hybridized carbons (Fsp3) is 0.381. The molecule has 28 heavy (non-hydrogen) atoms. The molecule has 0 radical (unpaired) electrons. The number of sulfonamides is 1. The standard InChI is InChI=1S/C21H28N2O4S/c1-15-10-13-19(27-4)20(14-15)28(25,26)23-17(3)21(24)22-16(2)11-12-18-8-6-5-7-9-18/h5-10,13-14,16-17,23H,11-12H2,1-4H3,(H,22,24)/t16-,17-/m0/s1. The number of aryl methyl sites for hydroxylation is 2. The van der Waals surface area contributed by atoms with Gasteiger partial charge in [0.2, 0.25) is 15.9 Å². The number of amides is 1. The van der Waals surface area contributed by atoms with Gasteiger partial charge in [0.15, 0.2) is 0 Å². The molecule has 1 amide bonds. The first kappa shape index (κ1) is 21.9.